The number of hydrogen-bond acceptors (Lipinski definition) is 6. The van der Waals surface area contributed by atoms with Gasteiger partial charge in [0.15, 0.2) is 10.6 Å². The molecule has 2 aromatic heterocycles. The molecule has 1 aliphatic heterocycles. The van der Waals surface area contributed by atoms with E-state index in [1.54, 1.807) is 41.1 Å². The summed E-state index contributed by atoms with van der Waals surface area (Å²) in [4.78, 5) is 33.8. The van der Waals surface area contributed by atoms with Crippen molar-refractivity contribution in [2.24, 2.45) is 0 Å². The highest BCUT2D eigenvalue weighted by Gasteiger charge is 2.44. The molecule has 0 spiro atoms. The Morgan fingerprint density at radius 2 is 1.97 bits per heavy atom. The van der Waals surface area contributed by atoms with Gasteiger partial charge in [-0.3, -0.25) is 14.5 Å². The molecule has 5 nitrogen and oxygen atoms in total. The number of rotatable bonds is 3. The van der Waals surface area contributed by atoms with E-state index in [1.165, 1.54) is 11.3 Å². The molecule has 29 heavy (non-hydrogen) atoms. The number of nitrogens with zero attached hydrogens (tertiary/aromatic N) is 2. The van der Waals surface area contributed by atoms with Crippen LogP contribution in [0, 0.1) is 0 Å². The molecule has 0 saturated carbocycles. The summed E-state index contributed by atoms with van der Waals surface area (Å²) < 4.78 is 6.72. The van der Waals surface area contributed by atoms with Crippen LogP contribution in [0.5, 0.6) is 0 Å². The van der Waals surface area contributed by atoms with Crippen molar-refractivity contribution in [1.82, 2.24) is 4.98 Å². The molecular weight excluding hydrogens is 472 g/mol. The highest BCUT2D eigenvalue weighted by atomic mass is 79.9. The maximum absolute atomic E-state index is 13.5. The van der Waals surface area contributed by atoms with E-state index in [0.717, 1.165) is 14.9 Å². The zero-order valence-corrected chi connectivity index (χ0v) is 18.3. The summed E-state index contributed by atoms with van der Waals surface area (Å²) in [5.74, 6) is -0.269. The number of thioether (sulfide) groups is 1. The fourth-order valence-corrected chi connectivity index (χ4v) is 5.02. The predicted molar refractivity (Wildman–Crippen MR) is 119 cm³/mol. The summed E-state index contributed by atoms with van der Waals surface area (Å²) in [7, 11) is 0. The van der Waals surface area contributed by atoms with Crippen LogP contribution >= 0.6 is 39.0 Å². The van der Waals surface area contributed by atoms with Crippen LogP contribution in [0.2, 0.25) is 0 Å². The van der Waals surface area contributed by atoms with Gasteiger partial charge in [0, 0.05) is 20.9 Å². The number of fused-ring (bicyclic) bond motifs is 2. The molecule has 144 valence electrons. The van der Waals surface area contributed by atoms with Crippen LogP contribution in [0.15, 0.2) is 72.6 Å². The first-order valence-corrected chi connectivity index (χ1v) is 11.6. The minimum absolute atomic E-state index is 0.0824. The lowest BCUT2D eigenvalue weighted by atomic mass is 9.99. The van der Waals surface area contributed by atoms with E-state index in [-0.39, 0.29) is 17.1 Å². The highest BCUT2D eigenvalue weighted by Crippen LogP contribution is 2.42. The van der Waals surface area contributed by atoms with Gasteiger partial charge in [0.25, 0.3) is 5.91 Å². The van der Waals surface area contributed by atoms with Crippen molar-refractivity contribution >= 4 is 61.0 Å². The number of hydrogen-bond donors (Lipinski definition) is 0. The van der Waals surface area contributed by atoms with E-state index >= 15 is 0 Å². The normalized spacial score (nSPS) is 15.9. The molecule has 0 bridgehead atoms. The smallest absolute Gasteiger partial charge is 0.297 e. The summed E-state index contributed by atoms with van der Waals surface area (Å²) in [6, 6.07) is 12.5. The van der Waals surface area contributed by atoms with E-state index in [2.05, 4.69) is 20.9 Å². The van der Waals surface area contributed by atoms with Gasteiger partial charge in [0.1, 0.15) is 5.58 Å². The van der Waals surface area contributed by atoms with E-state index in [1.807, 2.05) is 35.9 Å². The van der Waals surface area contributed by atoms with Crippen molar-refractivity contribution in [3.05, 3.63) is 85.6 Å². The quantitative estimate of drug-likeness (QED) is 0.360. The van der Waals surface area contributed by atoms with Crippen LogP contribution in [-0.4, -0.2) is 17.1 Å². The van der Waals surface area contributed by atoms with Crippen molar-refractivity contribution in [2.45, 2.75) is 10.9 Å². The number of aromatic nitrogens is 1. The molecule has 0 fully saturated rings. The van der Waals surface area contributed by atoms with Crippen LogP contribution in [0.4, 0.5) is 5.13 Å². The van der Waals surface area contributed by atoms with Crippen molar-refractivity contribution in [3.8, 4) is 0 Å². The maximum atomic E-state index is 13.5. The lowest BCUT2D eigenvalue weighted by Crippen LogP contribution is -2.29. The molecule has 0 saturated heterocycles. The Hall–Kier alpha value is -2.42. The molecule has 5 rings (SSSR count). The summed E-state index contributed by atoms with van der Waals surface area (Å²) in [5, 5.41) is 2.78. The Kier molecular flexibility index (Phi) is 4.57. The summed E-state index contributed by atoms with van der Waals surface area (Å²) in [6.07, 6.45) is 3.65. The van der Waals surface area contributed by atoms with E-state index in [4.69, 9.17) is 4.42 Å². The van der Waals surface area contributed by atoms with Crippen molar-refractivity contribution in [1.29, 1.82) is 0 Å². The van der Waals surface area contributed by atoms with Gasteiger partial charge in [0.05, 0.1) is 17.0 Å². The van der Waals surface area contributed by atoms with Gasteiger partial charge in [-0.2, -0.15) is 0 Å². The third-order valence-electron chi connectivity index (χ3n) is 4.89. The summed E-state index contributed by atoms with van der Waals surface area (Å²) in [5.41, 5.74) is 1.39. The van der Waals surface area contributed by atoms with Crippen molar-refractivity contribution in [3.63, 3.8) is 0 Å². The SMILES string of the molecule is CSc1ccc(C2c3c(oc4ccc(Br)cc4c3=O)C(=O)N2c2nccs2)cc1. The number of carbonyl (C=O) groups excluding carboxylic acids is 1. The Balaban J connectivity index is 1.80. The molecule has 0 N–H and O–H groups in total. The van der Waals surface area contributed by atoms with Gasteiger partial charge in [-0.1, -0.05) is 28.1 Å². The minimum Gasteiger partial charge on any atom is -0.450 e. The monoisotopic (exact) mass is 484 g/mol. The molecule has 0 aliphatic carbocycles. The van der Waals surface area contributed by atoms with Gasteiger partial charge >= 0.3 is 0 Å². The largest absolute Gasteiger partial charge is 0.450 e. The third kappa shape index (κ3) is 2.94. The topological polar surface area (TPSA) is 63.4 Å². The first-order valence-electron chi connectivity index (χ1n) is 8.71. The standard InChI is InChI=1S/C21H13BrN2O3S2/c1-28-13-5-2-11(3-6-13)17-16-18(25)14-10-12(22)4-7-15(14)27-19(16)20(26)24(17)21-23-8-9-29-21/h2-10,17H,1H3. The van der Waals surface area contributed by atoms with Crippen LogP contribution in [0.25, 0.3) is 11.0 Å². The summed E-state index contributed by atoms with van der Waals surface area (Å²) in [6.45, 7) is 0. The molecule has 1 amide bonds. The Morgan fingerprint density at radius 1 is 1.17 bits per heavy atom. The van der Waals surface area contributed by atoms with Crippen LogP contribution in [-0.2, 0) is 0 Å². The second-order valence-electron chi connectivity index (χ2n) is 6.48. The molecular formula is C21H13BrN2O3S2. The number of amides is 1. The molecule has 8 heteroatoms. The van der Waals surface area contributed by atoms with Crippen LogP contribution in [0.3, 0.4) is 0 Å². The summed E-state index contributed by atoms with van der Waals surface area (Å²) >= 11 is 6.40. The number of carbonyl (C=O) groups is 1. The molecule has 1 atom stereocenters. The molecule has 1 unspecified atom stereocenters. The fourth-order valence-electron chi connectivity index (χ4n) is 3.58. The Bertz CT molecular complexity index is 1300. The molecule has 2 aromatic carbocycles. The van der Waals surface area contributed by atoms with Crippen LogP contribution < -0.4 is 10.3 Å². The average molecular weight is 485 g/mol. The predicted octanol–water partition coefficient (Wildman–Crippen LogP) is 5.48. The van der Waals surface area contributed by atoms with E-state index in [9.17, 15) is 9.59 Å². The molecule has 3 heterocycles. The lowest BCUT2D eigenvalue weighted by molar-refractivity contribution is 0.0971. The zero-order chi connectivity index (χ0) is 20.1. The number of benzene rings is 2. The third-order valence-corrected chi connectivity index (χ3v) is 6.90. The average Bonchev–Trinajstić information content (AvgIpc) is 3.35. The van der Waals surface area contributed by atoms with Gasteiger partial charge in [-0.05, 0) is 42.2 Å². The maximum Gasteiger partial charge on any atom is 0.297 e. The van der Waals surface area contributed by atoms with E-state index in [0.29, 0.717) is 21.7 Å². The van der Waals surface area contributed by atoms with Crippen LogP contribution in [0.1, 0.15) is 27.7 Å². The molecule has 0 radical (unpaired) electrons. The minimum atomic E-state index is -0.584. The first kappa shape index (κ1) is 18.6. The van der Waals surface area contributed by atoms with Gasteiger partial charge in [-0.15, -0.1) is 23.1 Å². The zero-order valence-electron chi connectivity index (χ0n) is 15.1. The van der Waals surface area contributed by atoms with Gasteiger partial charge in [-0.25, -0.2) is 4.98 Å². The second kappa shape index (κ2) is 7.12. The van der Waals surface area contributed by atoms with Crippen molar-refractivity contribution in [2.75, 3.05) is 11.2 Å². The highest BCUT2D eigenvalue weighted by molar-refractivity contribution is 9.10. The lowest BCUT2D eigenvalue weighted by Gasteiger charge is -2.22. The molecule has 1 aliphatic rings. The number of halogens is 1. The molecule has 4 aromatic rings. The number of thiazole rings is 1. The Labute approximate surface area is 182 Å². The fraction of sp³-hybridized carbons (Fsp3) is 0.0952. The van der Waals surface area contributed by atoms with Gasteiger partial charge < -0.3 is 4.42 Å². The van der Waals surface area contributed by atoms with E-state index < -0.39 is 6.04 Å². The Morgan fingerprint density at radius 3 is 2.66 bits per heavy atom. The second-order valence-corrected chi connectivity index (χ2v) is 9.15. The first-order chi connectivity index (χ1) is 14.1. The van der Waals surface area contributed by atoms with Crippen molar-refractivity contribution < 1.29 is 9.21 Å². The number of anilines is 1. The van der Waals surface area contributed by atoms with Gasteiger partial charge in [0.2, 0.25) is 5.76 Å².